The highest BCUT2D eigenvalue weighted by Gasteiger charge is 2.10. The summed E-state index contributed by atoms with van der Waals surface area (Å²) in [5.74, 6) is 0.428. The van der Waals surface area contributed by atoms with Gasteiger partial charge in [0.15, 0.2) is 11.0 Å². The van der Waals surface area contributed by atoms with E-state index in [-0.39, 0.29) is 16.4 Å². The van der Waals surface area contributed by atoms with Crippen molar-refractivity contribution in [1.82, 2.24) is 0 Å². The Balaban J connectivity index is 2.42. The highest BCUT2D eigenvalue weighted by atomic mass is 16.3. The van der Waals surface area contributed by atoms with Gasteiger partial charge in [-0.15, -0.1) is 0 Å². The number of rotatable bonds is 1. The van der Waals surface area contributed by atoms with Crippen LogP contribution >= 0.6 is 0 Å². The first-order chi connectivity index (χ1) is 10.1. The average molecular weight is 278 g/mol. The molecule has 0 saturated carbocycles. The molecule has 0 atom stereocenters. The van der Waals surface area contributed by atoms with E-state index in [9.17, 15) is 9.59 Å². The maximum Gasteiger partial charge on any atom is 0.221 e. The Morgan fingerprint density at radius 1 is 0.857 bits per heavy atom. The van der Waals surface area contributed by atoms with Crippen LogP contribution in [0.15, 0.2) is 62.5 Å². The summed E-state index contributed by atoms with van der Waals surface area (Å²) in [6.45, 7) is 3.92. The third-order valence-corrected chi connectivity index (χ3v) is 3.49. The summed E-state index contributed by atoms with van der Waals surface area (Å²) in [4.78, 5) is 24.3. The number of benzene rings is 1. The van der Waals surface area contributed by atoms with Gasteiger partial charge in [0.2, 0.25) is 5.43 Å². The van der Waals surface area contributed by atoms with Crippen molar-refractivity contribution in [2.45, 2.75) is 13.8 Å². The highest BCUT2D eigenvalue weighted by Crippen LogP contribution is 2.25. The molecule has 21 heavy (non-hydrogen) atoms. The number of fused-ring (bicyclic) bond motifs is 1. The molecular formula is C18H14O3. The van der Waals surface area contributed by atoms with E-state index in [4.69, 9.17) is 4.42 Å². The fourth-order valence-electron chi connectivity index (χ4n) is 2.35. The standard InChI is InChI=1S/C18H14O3/c1-11-7-8-12(2)14(9-11)17-10-16(20)13-5-3-4-6-15(19)18(13)21-17/h3-10H,1-2H3. The zero-order valence-electron chi connectivity index (χ0n) is 11.8. The van der Waals surface area contributed by atoms with E-state index in [1.807, 2.05) is 32.0 Å². The molecule has 0 aliphatic heterocycles. The van der Waals surface area contributed by atoms with Gasteiger partial charge in [0.25, 0.3) is 0 Å². The van der Waals surface area contributed by atoms with Crippen molar-refractivity contribution in [2.24, 2.45) is 0 Å². The Morgan fingerprint density at radius 2 is 1.62 bits per heavy atom. The lowest BCUT2D eigenvalue weighted by atomic mass is 10.0. The van der Waals surface area contributed by atoms with Crippen LogP contribution in [0.1, 0.15) is 11.1 Å². The lowest BCUT2D eigenvalue weighted by molar-refractivity contribution is 0.616. The summed E-state index contributed by atoms with van der Waals surface area (Å²) in [6.07, 6.45) is 0. The van der Waals surface area contributed by atoms with Crippen molar-refractivity contribution < 1.29 is 4.42 Å². The molecule has 0 aliphatic rings. The Bertz CT molecular complexity index is 952. The van der Waals surface area contributed by atoms with Crippen LogP contribution in [0.5, 0.6) is 0 Å². The van der Waals surface area contributed by atoms with E-state index in [1.54, 1.807) is 18.2 Å². The van der Waals surface area contributed by atoms with E-state index >= 15 is 0 Å². The molecule has 0 amide bonds. The molecule has 0 radical (unpaired) electrons. The van der Waals surface area contributed by atoms with Crippen LogP contribution in [0.3, 0.4) is 0 Å². The minimum atomic E-state index is -0.292. The molecule has 0 aliphatic carbocycles. The van der Waals surface area contributed by atoms with Gasteiger partial charge in [-0.3, -0.25) is 9.59 Å². The summed E-state index contributed by atoms with van der Waals surface area (Å²) in [5, 5.41) is 0.305. The van der Waals surface area contributed by atoms with Gasteiger partial charge in [-0.2, -0.15) is 0 Å². The zero-order chi connectivity index (χ0) is 15.0. The monoisotopic (exact) mass is 278 g/mol. The van der Waals surface area contributed by atoms with Gasteiger partial charge in [-0.25, -0.2) is 0 Å². The van der Waals surface area contributed by atoms with Crippen molar-refractivity contribution >= 4 is 11.0 Å². The Labute approximate surface area is 121 Å². The molecule has 3 aromatic rings. The summed E-state index contributed by atoms with van der Waals surface area (Å²) in [6, 6.07) is 13.6. The van der Waals surface area contributed by atoms with Crippen LogP contribution in [0, 0.1) is 13.8 Å². The molecule has 3 rings (SSSR count). The third-order valence-electron chi connectivity index (χ3n) is 3.49. The summed E-state index contributed by atoms with van der Waals surface area (Å²) < 4.78 is 5.74. The first-order valence-electron chi connectivity index (χ1n) is 6.71. The van der Waals surface area contributed by atoms with Crippen molar-refractivity contribution in [3.8, 4) is 11.3 Å². The molecule has 0 saturated heterocycles. The normalized spacial score (nSPS) is 10.8. The lowest BCUT2D eigenvalue weighted by Crippen LogP contribution is -2.05. The fourth-order valence-corrected chi connectivity index (χ4v) is 2.35. The first kappa shape index (κ1) is 13.3. The van der Waals surface area contributed by atoms with E-state index in [2.05, 4.69) is 0 Å². The van der Waals surface area contributed by atoms with Gasteiger partial charge in [-0.1, -0.05) is 29.8 Å². The summed E-state index contributed by atoms with van der Waals surface area (Å²) in [7, 11) is 0. The molecule has 3 nitrogen and oxygen atoms in total. The van der Waals surface area contributed by atoms with Gasteiger partial charge in [0, 0.05) is 11.6 Å². The molecule has 0 N–H and O–H groups in total. The quantitative estimate of drug-likeness (QED) is 0.685. The molecular weight excluding hydrogens is 264 g/mol. The molecule has 0 bridgehead atoms. The predicted octanol–water partition coefficient (Wildman–Crippen LogP) is 3.44. The Kier molecular flexibility index (Phi) is 3.18. The second-order valence-electron chi connectivity index (χ2n) is 5.12. The number of hydrogen-bond acceptors (Lipinski definition) is 3. The third kappa shape index (κ3) is 2.38. The maximum atomic E-state index is 12.3. The van der Waals surface area contributed by atoms with Crippen LogP contribution in [0.2, 0.25) is 0 Å². The van der Waals surface area contributed by atoms with Crippen LogP contribution in [-0.4, -0.2) is 0 Å². The Hall–Kier alpha value is -2.68. The van der Waals surface area contributed by atoms with E-state index in [0.29, 0.717) is 11.1 Å². The molecule has 0 fully saturated rings. The van der Waals surface area contributed by atoms with Gasteiger partial charge in [0.05, 0.1) is 5.39 Å². The molecule has 0 unspecified atom stereocenters. The van der Waals surface area contributed by atoms with Crippen molar-refractivity contribution in [3.05, 3.63) is 80.1 Å². The minimum absolute atomic E-state index is 0.100. The lowest BCUT2D eigenvalue weighted by Gasteiger charge is -2.06. The van der Waals surface area contributed by atoms with Crippen molar-refractivity contribution in [1.29, 1.82) is 0 Å². The largest absolute Gasteiger partial charge is 0.452 e. The number of hydrogen-bond donors (Lipinski definition) is 0. The Morgan fingerprint density at radius 3 is 2.43 bits per heavy atom. The van der Waals surface area contributed by atoms with Gasteiger partial charge in [-0.05, 0) is 37.6 Å². The highest BCUT2D eigenvalue weighted by molar-refractivity contribution is 5.78. The predicted molar refractivity (Wildman–Crippen MR) is 83.7 cm³/mol. The van der Waals surface area contributed by atoms with Crippen LogP contribution in [-0.2, 0) is 0 Å². The first-order valence-corrected chi connectivity index (χ1v) is 6.71. The average Bonchev–Trinajstić information content (AvgIpc) is 2.64. The molecule has 1 aromatic heterocycles. The zero-order valence-corrected chi connectivity index (χ0v) is 11.8. The van der Waals surface area contributed by atoms with Crippen LogP contribution in [0.25, 0.3) is 22.3 Å². The van der Waals surface area contributed by atoms with Gasteiger partial charge >= 0.3 is 0 Å². The maximum absolute atomic E-state index is 12.3. The second kappa shape index (κ2) is 5.02. The van der Waals surface area contributed by atoms with E-state index < -0.39 is 0 Å². The molecule has 104 valence electrons. The summed E-state index contributed by atoms with van der Waals surface area (Å²) >= 11 is 0. The van der Waals surface area contributed by atoms with Gasteiger partial charge < -0.3 is 4.42 Å². The topological polar surface area (TPSA) is 47.3 Å². The number of aryl methyl sites for hydroxylation is 2. The fraction of sp³-hybridized carbons (Fsp3) is 0.111. The SMILES string of the molecule is Cc1ccc(C)c(-c2cc(=O)c3ccccc(=O)c3o2)c1. The van der Waals surface area contributed by atoms with Crippen molar-refractivity contribution in [2.75, 3.05) is 0 Å². The van der Waals surface area contributed by atoms with Gasteiger partial charge in [0.1, 0.15) is 5.76 Å². The summed E-state index contributed by atoms with van der Waals surface area (Å²) in [5.41, 5.74) is 2.50. The van der Waals surface area contributed by atoms with Crippen LogP contribution in [0.4, 0.5) is 0 Å². The van der Waals surface area contributed by atoms with E-state index in [0.717, 1.165) is 16.7 Å². The minimum Gasteiger partial charge on any atom is -0.452 e. The van der Waals surface area contributed by atoms with Crippen molar-refractivity contribution in [3.63, 3.8) is 0 Å². The van der Waals surface area contributed by atoms with Crippen LogP contribution < -0.4 is 10.9 Å². The molecule has 1 heterocycles. The molecule has 2 aromatic carbocycles. The second-order valence-corrected chi connectivity index (χ2v) is 5.12. The smallest absolute Gasteiger partial charge is 0.221 e. The molecule has 0 spiro atoms. The molecule has 3 heteroatoms. The van der Waals surface area contributed by atoms with E-state index in [1.165, 1.54) is 12.1 Å².